The maximum atomic E-state index is 12.4. The Hall–Kier alpha value is -4.46. The first-order chi connectivity index (χ1) is 16.5. The van der Waals surface area contributed by atoms with Crippen LogP contribution in [0.2, 0.25) is 0 Å². The normalized spacial score (nSPS) is 10.7. The summed E-state index contributed by atoms with van der Waals surface area (Å²) >= 11 is 0. The first-order valence-electron chi connectivity index (χ1n) is 10.9. The van der Waals surface area contributed by atoms with Crippen molar-refractivity contribution < 1.29 is 14.7 Å². The summed E-state index contributed by atoms with van der Waals surface area (Å²) in [5.41, 5.74) is 2.70. The molecule has 8 nitrogen and oxygen atoms in total. The number of aromatic carboxylic acids is 1. The molecule has 3 aromatic carbocycles. The summed E-state index contributed by atoms with van der Waals surface area (Å²) in [6.45, 7) is 1.09. The van der Waals surface area contributed by atoms with E-state index in [1.807, 2.05) is 42.5 Å². The zero-order valence-corrected chi connectivity index (χ0v) is 18.4. The third kappa shape index (κ3) is 5.47. The summed E-state index contributed by atoms with van der Waals surface area (Å²) in [7, 11) is 0. The van der Waals surface area contributed by atoms with Crippen LogP contribution in [0, 0.1) is 0 Å². The number of carbonyl (C=O) groups excluding carboxylic acids is 1. The lowest BCUT2D eigenvalue weighted by Crippen LogP contribution is -2.27. The number of rotatable bonds is 9. The molecule has 172 valence electrons. The minimum Gasteiger partial charge on any atom is -0.478 e. The summed E-state index contributed by atoms with van der Waals surface area (Å²) < 4.78 is 0. The highest BCUT2D eigenvalue weighted by molar-refractivity contribution is 5.90. The molecule has 0 aliphatic rings. The Labute approximate surface area is 195 Å². The summed E-state index contributed by atoms with van der Waals surface area (Å²) in [6, 6.07) is 21.5. The van der Waals surface area contributed by atoms with Gasteiger partial charge in [-0.2, -0.15) is 5.10 Å². The number of carboxylic acid groups (broad SMARTS) is 1. The van der Waals surface area contributed by atoms with E-state index in [-0.39, 0.29) is 23.5 Å². The highest BCUT2D eigenvalue weighted by Crippen LogP contribution is 2.21. The summed E-state index contributed by atoms with van der Waals surface area (Å²) in [4.78, 5) is 35.3. The van der Waals surface area contributed by atoms with E-state index in [9.17, 15) is 14.4 Å². The summed E-state index contributed by atoms with van der Waals surface area (Å²) in [5.74, 6) is -0.434. The van der Waals surface area contributed by atoms with E-state index in [1.165, 1.54) is 0 Å². The van der Waals surface area contributed by atoms with Crippen molar-refractivity contribution >= 4 is 28.5 Å². The monoisotopic (exact) mass is 456 g/mol. The van der Waals surface area contributed by atoms with Gasteiger partial charge in [-0.3, -0.25) is 9.59 Å². The maximum Gasteiger partial charge on any atom is 0.335 e. The molecule has 4 rings (SSSR count). The predicted molar refractivity (Wildman–Crippen MR) is 131 cm³/mol. The van der Waals surface area contributed by atoms with Gasteiger partial charge in [-0.15, -0.1) is 0 Å². The highest BCUT2D eigenvalue weighted by atomic mass is 16.4. The fourth-order valence-corrected chi connectivity index (χ4v) is 3.69. The quantitative estimate of drug-likeness (QED) is 0.286. The fourth-order valence-electron chi connectivity index (χ4n) is 3.69. The molecule has 0 aliphatic heterocycles. The first-order valence-corrected chi connectivity index (χ1v) is 10.9. The Balaban J connectivity index is 1.26. The Morgan fingerprint density at radius 3 is 2.41 bits per heavy atom. The van der Waals surface area contributed by atoms with Crippen LogP contribution in [0.4, 0.5) is 5.82 Å². The second-order valence-electron chi connectivity index (χ2n) is 7.84. The molecule has 0 fully saturated rings. The van der Waals surface area contributed by atoms with Crippen LogP contribution in [0.3, 0.4) is 0 Å². The predicted octanol–water partition coefficient (Wildman–Crippen LogP) is 3.45. The van der Waals surface area contributed by atoms with Gasteiger partial charge in [-0.05, 0) is 41.3 Å². The van der Waals surface area contributed by atoms with Gasteiger partial charge >= 0.3 is 5.97 Å². The van der Waals surface area contributed by atoms with E-state index >= 15 is 0 Å². The van der Waals surface area contributed by atoms with Gasteiger partial charge in [0, 0.05) is 18.5 Å². The lowest BCUT2D eigenvalue weighted by molar-refractivity contribution is -0.120. The average molecular weight is 457 g/mol. The number of H-pyrrole nitrogens is 1. The van der Waals surface area contributed by atoms with Gasteiger partial charge in [0.2, 0.25) is 5.91 Å². The van der Waals surface area contributed by atoms with Crippen LogP contribution in [0.1, 0.15) is 22.3 Å². The van der Waals surface area contributed by atoms with Crippen molar-refractivity contribution in [1.29, 1.82) is 0 Å². The van der Waals surface area contributed by atoms with Gasteiger partial charge in [-0.1, -0.05) is 54.6 Å². The van der Waals surface area contributed by atoms with Crippen LogP contribution in [0.5, 0.6) is 0 Å². The molecule has 0 atom stereocenters. The zero-order chi connectivity index (χ0) is 23.9. The van der Waals surface area contributed by atoms with Crippen molar-refractivity contribution in [3.8, 4) is 11.1 Å². The molecule has 34 heavy (non-hydrogen) atoms. The number of nitrogens with zero attached hydrogens (tertiary/aromatic N) is 1. The van der Waals surface area contributed by atoms with Crippen molar-refractivity contribution in [2.45, 2.75) is 12.8 Å². The van der Waals surface area contributed by atoms with Gasteiger partial charge in [0.15, 0.2) is 5.82 Å². The highest BCUT2D eigenvalue weighted by Gasteiger charge is 2.08. The lowest BCUT2D eigenvalue weighted by atomic mass is 10.0. The number of carbonyl (C=O) groups is 2. The van der Waals surface area contributed by atoms with Crippen LogP contribution < -0.4 is 16.2 Å². The number of carboxylic acids is 1. The topological polar surface area (TPSA) is 124 Å². The number of aromatic nitrogens is 2. The number of hydrogen-bond donors (Lipinski definition) is 4. The zero-order valence-electron chi connectivity index (χ0n) is 18.4. The number of benzene rings is 3. The van der Waals surface area contributed by atoms with E-state index in [4.69, 9.17) is 5.11 Å². The third-order valence-electron chi connectivity index (χ3n) is 5.42. The number of nitrogens with one attached hydrogen (secondary N) is 3. The molecule has 0 unspecified atom stereocenters. The molecule has 1 heterocycles. The van der Waals surface area contributed by atoms with Crippen molar-refractivity contribution in [2.75, 3.05) is 18.4 Å². The van der Waals surface area contributed by atoms with Crippen LogP contribution in [0.15, 0.2) is 77.6 Å². The van der Waals surface area contributed by atoms with E-state index < -0.39 is 5.97 Å². The molecular weight excluding hydrogens is 432 g/mol. The van der Waals surface area contributed by atoms with Crippen LogP contribution >= 0.6 is 0 Å². The molecule has 4 N–H and O–H groups in total. The second kappa shape index (κ2) is 10.4. The molecule has 1 amide bonds. The maximum absolute atomic E-state index is 12.4. The van der Waals surface area contributed by atoms with Crippen molar-refractivity contribution in [3.05, 3.63) is 94.3 Å². The van der Waals surface area contributed by atoms with E-state index in [0.717, 1.165) is 22.1 Å². The number of hydrogen-bond acceptors (Lipinski definition) is 5. The Bertz CT molecular complexity index is 1380. The fraction of sp³-hybridized carbons (Fsp3) is 0.154. The Morgan fingerprint density at radius 2 is 1.65 bits per heavy atom. The first kappa shape index (κ1) is 22.7. The SMILES string of the molecule is O=C(Cc1cccc(-c2ccc(C(=O)O)cc2)c1)NCCCNc1n[nH]c(=O)c2ccccc12. The van der Waals surface area contributed by atoms with E-state index in [2.05, 4.69) is 20.8 Å². The van der Waals surface area contributed by atoms with Crippen molar-refractivity contribution in [3.63, 3.8) is 0 Å². The molecular formula is C26H24N4O4. The number of fused-ring (bicyclic) bond motifs is 1. The van der Waals surface area contributed by atoms with Gasteiger partial charge < -0.3 is 15.7 Å². The molecule has 0 saturated carbocycles. The number of aromatic amines is 1. The minimum atomic E-state index is -0.963. The van der Waals surface area contributed by atoms with Gasteiger partial charge in [-0.25, -0.2) is 9.89 Å². The van der Waals surface area contributed by atoms with E-state index in [0.29, 0.717) is 30.7 Å². The third-order valence-corrected chi connectivity index (χ3v) is 5.42. The number of anilines is 1. The smallest absolute Gasteiger partial charge is 0.335 e. The average Bonchev–Trinajstić information content (AvgIpc) is 2.85. The van der Waals surface area contributed by atoms with Gasteiger partial charge in [0.05, 0.1) is 17.4 Å². The van der Waals surface area contributed by atoms with Gasteiger partial charge in [0.25, 0.3) is 5.56 Å². The molecule has 1 aromatic heterocycles. The summed E-state index contributed by atoms with van der Waals surface area (Å²) in [5, 5.41) is 23.1. The molecule has 0 radical (unpaired) electrons. The Kier molecular flexibility index (Phi) is 6.98. The van der Waals surface area contributed by atoms with E-state index in [1.54, 1.807) is 30.3 Å². The molecule has 0 spiro atoms. The minimum absolute atomic E-state index is 0.0778. The van der Waals surface area contributed by atoms with Crippen LogP contribution in [-0.4, -0.2) is 40.3 Å². The second-order valence-corrected chi connectivity index (χ2v) is 7.84. The molecule has 4 aromatic rings. The van der Waals surface area contributed by atoms with Crippen LogP contribution in [-0.2, 0) is 11.2 Å². The molecule has 0 aliphatic carbocycles. The largest absolute Gasteiger partial charge is 0.478 e. The van der Waals surface area contributed by atoms with Crippen LogP contribution in [0.25, 0.3) is 21.9 Å². The van der Waals surface area contributed by atoms with Crippen molar-refractivity contribution in [2.24, 2.45) is 0 Å². The van der Waals surface area contributed by atoms with Gasteiger partial charge in [0.1, 0.15) is 0 Å². The molecule has 0 saturated heterocycles. The lowest BCUT2D eigenvalue weighted by Gasteiger charge is -2.09. The standard InChI is InChI=1S/C26H24N4O4/c31-23(16-17-5-3-6-20(15-17)18-9-11-19(12-10-18)26(33)34)27-13-4-14-28-24-21-7-1-2-8-22(21)25(32)30-29-24/h1-3,5-12,15H,4,13-14,16H2,(H,27,31)(H,28,29)(H,30,32)(H,33,34). The molecule has 0 bridgehead atoms. The Morgan fingerprint density at radius 1 is 0.882 bits per heavy atom. The van der Waals surface area contributed by atoms with Crippen molar-refractivity contribution in [1.82, 2.24) is 15.5 Å². The number of amides is 1. The summed E-state index contributed by atoms with van der Waals surface area (Å²) in [6.07, 6.45) is 0.942. The molecule has 8 heteroatoms.